The molecule has 1 unspecified atom stereocenters. The average molecular weight is 423 g/mol. The second kappa shape index (κ2) is 8.95. The quantitative estimate of drug-likeness (QED) is 0.748. The molecular weight excluding hydrogens is 376 g/mol. The number of nitrogens with zero attached hydrogens (tertiary/aromatic N) is 3. The van der Waals surface area contributed by atoms with Crippen LogP contribution in [-0.4, -0.2) is 110 Å². The summed E-state index contributed by atoms with van der Waals surface area (Å²) < 4.78 is 12.7. The molecule has 30 heavy (non-hydrogen) atoms. The van der Waals surface area contributed by atoms with E-state index in [0.717, 1.165) is 78.4 Å². The van der Waals surface area contributed by atoms with Gasteiger partial charge in [0.05, 0.1) is 24.4 Å². The third kappa shape index (κ3) is 4.60. The van der Waals surface area contributed by atoms with Crippen LogP contribution in [0.4, 0.5) is 0 Å². The minimum atomic E-state index is 0.0710. The average Bonchev–Trinajstić information content (AvgIpc) is 2.71. The lowest BCUT2D eigenvalue weighted by Crippen LogP contribution is -2.68. The Labute approximate surface area is 184 Å². The lowest BCUT2D eigenvalue weighted by atomic mass is 9.79. The summed E-state index contributed by atoms with van der Waals surface area (Å²) in [6.45, 7) is 20.3. The third-order valence-electron chi connectivity index (χ3n) is 8.55. The molecule has 2 spiro atoms. The van der Waals surface area contributed by atoms with Crippen LogP contribution in [0.2, 0.25) is 0 Å². The highest BCUT2D eigenvalue weighted by Crippen LogP contribution is 2.38. The van der Waals surface area contributed by atoms with Crippen molar-refractivity contribution in [1.29, 1.82) is 0 Å². The monoisotopic (exact) mass is 422 g/mol. The number of piperidine rings is 2. The van der Waals surface area contributed by atoms with Crippen molar-refractivity contribution in [2.75, 3.05) is 72.6 Å². The Bertz CT molecular complexity index is 558. The molecule has 0 bridgehead atoms. The van der Waals surface area contributed by atoms with Gasteiger partial charge in [-0.15, -0.1) is 0 Å². The molecule has 0 radical (unpaired) electrons. The van der Waals surface area contributed by atoms with Crippen molar-refractivity contribution in [3.05, 3.63) is 0 Å². The summed E-state index contributed by atoms with van der Waals surface area (Å²) in [6, 6.07) is 0.539. The molecule has 4 aliphatic rings. The topological polar surface area (TPSA) is 40.2 Å². The van der Waals surface area contributed by atoms with Gasteiger partial charge in [0.15, 0.2) is 0 Å². The van der Waals surface area contributed by atoms with Crippen molar-refractivity contribution in [3.63, 3.8) is 0 Å². The van der Waals surface area contributed by atoms with Crippen LogP contribution in [0.15, 0.2) is 0 Å². The van der Waals surface area contributed by atoms with Crippen LogP contribution in [0, 0.1) is 5.92 Å². The van der Waals surface area contributed by atoms with Crippen LogP contribution in [0.25, 0.3) is 0 Å². The van der Waals surface area contributed by atoms with E-state index in [-0.39, 0.29) is 16.7 Å². The van der Waals surface area contributed by atoms with E-state index >= 15 is 0 Å². The maximum absolute atomic E-state index is 6.44. The molecule has 4 fully saturated rings. The van der Waals surface area contributed by atoms with Gasteiger partial charge in [0.1, 0.15) is 0 Å². The lowest BCUT2D eigenvalue weighted by molar-refractivity contribution is -0.163. The molecular formula is C24H46N4O2. The highest BCUT2D eigenvalue weighted by atomic mass is 16.5. The third-order valence-corrected chi connectivity index (χ3v) is 8.55. The number of ether oxygens (including phenoxy) is 2. The van der Waals surface area contributed by atoms with Crippen molar-refractivity contribution in [1.82, 2.24) is 20.0 Å². The Morgan fingerprint density at radius 2 is 1.50 bits per heavy atom. The highest BCUT2D eigenvalue weighted by molar-refractivity contribution is 5.04. The Kier molecular flexibility index (Phi) is 6.84. The van der Waals surface area contributed by atoms with E-state index in [2.05, 4.69) is 54.8 Å². The molecule has 1 N–H and O–H groups in total. The maximum Gasteiger partial charge on any atom is 0.0833 e. The van der Waals surface area contributed by atoms with E-state index < -0.39 is 0 Å². The molecule has 0 amide bonds. The van der Waals surface area contributed by atoms with Crippen LogP contribution in [0.5, 0.6) is 0 Å². The fourth-order valence-electron chi connectivity index (χ4n) is 6.83. The first kappa shape index (κ1) is 22.9. The van der Waals surface area contributed by atoms with Gasteiger partial charge in [0.25, 0.3) is 0 Å². The predicted molar refractivity (Wildman–Crippen MR) is 122 cm³/mol. The Balaban J connectivity index is 1.45. The van der Waals surface area contributed by atoms with Gasteiger partial charge in [-0.2, -0.15) is 0 Å². The van der Waals surface area contributed by atoms with Crippen molar-refractivity contribution >= 4 is 0 Å². The molecule has 0 aromatic carbocycles. The number of hydrogen-bond donors (Lipinski definition) is 1. The van der Waals surface area contributed by atoms with Gasteiger partial charge in [0.2, 0.25) is 0 Å². The first-order chi connectivity index (χ1) is 14.3. The van der Waals surface area contributed by atoms with Crippen LogP contribution in [0.3, 0.4) is 0 Å². The van der Waals surface area contributed by atoms with Crippen LogP contribution >= 0.6 is 0 Å². The number of rotatable bonds is 4. The lowest BCUT2D eigenvalue weighted by Gasteiger charge is -2.57. The van der Waals surface area contributed by atoms with Gasteiger partial charge in [-0.25, -0.2) is 0 Å². The fourth-order valence-corrected chi connectivity index (χ4v) is 6.83. The van der Waals surface area contributed by atoms with Crippen molar-refractivity contribution < 1.29 is 9.47 Å². The van der Waals surface area contributed by atoms with Crippen molar-refractivity contribution in [2.45, 2.75) is 76.2 Å². The molecule has 4 aliphatic heterocycles. The first-order valence-corrected chi connectivity index (χ1v) is 12.4. The van der Waals surface area contributed by atoms with Crippen LogP contribution in [0.1, 0.15) is 53.4 Å². The molecule has 1 atom stereocenters. The summed E-state index contributed by atoms with van der Waals surface area (Å²) >= 11 is 0. The molecule has 0 aromatic rings. The molecule has 4 rings (SSSR count). The Morgan fingerprint density at radius 1 is 0.867 bits per heavy atom. The summed E-state index contributed by atoms with van der Waals surface area (Å²) in [5, 5.41) is 3.56. The number of hydrogen-bond acceptors (Lipinski definition) is 6. The summed E-state index contributed by atoms with van der Waals surface area (Å²) in [6.07, 6.45) is 4.63. The zero-order chi connectivity index (χ0) is 21.4. The zero-order valence-corrected chi connectivity index (χ0v) is 20.2. The second-order valence-corrected chi connectivity index (χ2v) is 11.3. The SMILES string of the molecule is CC(C)C(N1CCOC2(CCN(C)CC2)C1)C(C)(C)N1CCC2(CC1)CNCCO2. The molecule has 4 saturated heterocycles. The zero-order valence-electron chi connectivity index (χ0n) is 20.2. The minimum absolute atomic E-state index is 0.0710. The largest absolute Gasteiger partial charge is 0.372 e. The molecule has 0 saturated carbocycles. The summed E-state index contributed by atoms with van der Waals surface area (Å²) in [7, 11) is 2.24. The highest BCUT2D eigenvalue weighted by Gasteiger charge is 2.48. The van der Waals surface area contributed by atoms with E-state index in [4.69, 9.17) is 9.47 Å². The van der Waals surface area contributed by atoms with E-state index in [1.54, 1.807) is 0 Å². The molecule has 6 nitrogen and oxygen atoms in total. The molecule has 0 aliphatic carbocycles. The van der Waals surface area contributed by atoms with E-state index in [1.165, 1.54) is 12.8 Å². The second-order valence-electron chi connectivity index (χ2n) is 11.3. The van der Waals surface area contributed by atoms with Gasteiger partial charge >= 0.3 is 0 Å². The van der Waals surface area contributed by atoms with Gasteiger partial charge in [0, 0.05) is 63.9 Å². The predicted octanol–water partition coefficient (Wildman–Crippen LogP) is 2.04. The van der Waals surface area contributed by atoms with E-state index in [0.29, 0.717) is 12.0 Å². The molecule has 0 aromatic heterocycles. The Morgan fingerprint density at radius 3 is 2.10 bits per heavy atom. The van der Waals surface area contributed by atoms with Gasteiger partial charge in [-0.3, -0.25) is 9.80 Å². The van der Waals surface area contributed by atoms with E-state index in [1.807, 2.05) is 0 Å². The number of nitrogens with one attached hydrogen (secondary N) is 1. The van der Waals surface area contributed by atoms with Gasteiger partial charge < -0.3 is 19.7 Å². The molecule has 174 valence electrons. The smallest absolute Gasteiger partial charge is 0.0833 e. The summed E-state index contributed by atoms with van der Waals surface area (Å²) in [5.41, 5.74) is 0.290. The molecule has 6 heteroatoms. The standard InChI is InChI=1S/C24H46N4O2/c1-20(2)21(27-15-17-30-24(19-27)6-11-26(5)12-7-24)22(3,4)28-13-8-23(9-14-28)18-25-10-16-29-23/h20-21,25H,6-19H2,1-5H3. The van der Waals surface area contributed by atoms with Gasteiger partial charge in [-0.05, 0) is 52.5 Å². The van der Waals surface area contributed by atoms with Crippen LogP contribution in [-0.2, 0) is 9.47 Å². The number of morpholine rings is 2. The maximum atomic E-state index is 6.44. The van der Waals surface area contributed by atoms with Crippen molar-refractivity contribution in [3.8, 4) is 0 Å². The molecule has 4 heterocycles. The van der Waals surface area contributed by atoms with Crippen LogP contribution < -0.4 is 5.32 Å². The fraction of sp³-hybridized carbons (Fsp3) is 1.00. The van der Waals surface area contributed by atoms with Gasteiger partial charge in [-0.1, -0.05) is 13.8 Å². The number of likely N-dealkylation sites (tertiary alicyclic amines) is 2. The van der Waals surface area contributed by atoms with E-state index in [9.17, 15) is 0 Å². The first-order valence-electron chi connectivity index (χ1n) is 12.4. The Hall–Kier alpha value is -0.240. The summed E-state index contributed by atoms with van der Waals surface area (Å²) in [5.74, 6) is 0.616. The minimum Gasteiger partial charge on any atom is -0.372 e. The summed E-state index contributed by atoms with van der Waals surface area (Å²) in [4.78, 5) is 8.00. The van der Waals surface area contributed by atoms with Crippen molar-refractivity contribution in [2.24, 2.45) is 5.92 Å². The normalized spacial score (nSPS) is 30.2.